The lowest BCUT2D eigenvalue weighted by molar-refractivity contribution is 0.122. The molecule has 2 fully saturated rings. The molecule has 1 aliphatic heterocycles. The quantitative estimate of drug-likeness (QED) is 0.755. The number of anilines is 1. The topological polar surface area (TPSA) is 12.5 Å². The first-order valence-corrected chi connectivity index (χ1v) is 6.28. The van der Waals surface area contributed by atoms with E-state index in [1.54, 1.807) is 5.56 Å². The Labute approximate surface area is 97.2 Å². The largest absolute Gasteiger partial charge is 0.378 e. The molecule has 86 valence electrons. The van der Waals surface area contributed by atoms with Gasteiger partial charge in [0.05, 0.1) is 13.2 Å². The Morgan fingerprint density at radius 1 is 1.19 bits per heavy atom. The van der Waals surface area contributed by atoms with Crippen LogP contribution in [0, 0.1) is 6.92 Å². The van der Waals surface area contributed by atoms with Crippen molar-refractivity contribution < 1.29 is 4.74 Å². The zero-order valence-electron chi connectivity index (χ0n) is 9.91. The normalized spacial score (nSPS) is 21.2. The summed E-state index contributed by atoms with van der Waals surface area (Å²) in [6, 6.07) is 6.93. The van der Waals surface area contributed by atoms with Gasteiger partial charge >= 0.3 is 0 Å². The molecule has 1 saturated heterocycles. The van der Waals surface area contributed by atoms with Crippen molar-refractivity contribution in [2.24, 2.45) is 0 Å². The van der Waals surface area contributed by atoms with Crippen LogP contribution in [0.15, 0.2) is 18.2 Å². The maximum Gasteiger partial charge on any atom is 0.0642 e. The second-order valence-corrected chi connectivity index (χ2v) is 4.91. The highest BCUT2D eigenvalue weighted by atomic mass is 16.5. The molecular formula is C14H19NO. The molecule has 2 aliphatic rings. The molecule has 1 aromatic carbocycles. The van der Waals surface area contributed by atoms with Gasteiger partial charge in [0.15, 0.2) is 0 Å². The summed E-state index contributed by atoms with van der Waals surface area (Å²) in [6.45, 7) is 6.04. The number of ether oxygens (including phenoxy) is 1. The standard InChI is InChI=1S/C14H19NO/c1-11-2-5-13(10-14(11)12-3-4-12)15-6-8-16-9-7-15/h2,5,10,12H,3-4,6-9H2,1H3. The summed E-state index contributed by atoms with van der Waals surface area (Å²) in [4.78, 5) is 2.44. The van der Waals surface area contributed by atoms with Gasteiger partial charge in [-0.05, 0) is 48.9 Å². The predicted octanol–water partition coefficient (Wildman–Crippen LogP) is 2.71. The van der Waals surface area contributed by atoms with E-state index in [-0.39, 0.29) is 0 Å². The number of morpholine rings is 1. The van der Waals surface area contributed by atoms with Gasteiger partial charge < -0.3 is 9.64 Å². The fourth-order valence-corrected chi connectivity index (χ4v) is 2.48. The van der Waals surface area contributed by atoms with E-state index in [4.69, 9.17) is 4.74 Å². The summed E-state index contributed by atoms with van der Waals surface area (Å²) in [6.07, 6.45) is 2.76. The minimum absolute atomic E-state index is 0.848. The Morgan fingerprint density at radius 3 is 2.62 bits per heavy atom. The van der Waals surface area contributed by atoms with Crippen LogP contribution in [-0.2, 0) is 4.74 Å². The van der Waals surface area contributed by atoms with Gasteiger partial charge in [-0.25, -0.2) is 0 Å². The van der Waals surface area contributed by atoms with Crippen molar-refractivity contribution in [2.45, 2.75) is 25.7 Å². The maximum absolute atomic E-state index is 5.39. The third kappa shape index (κ3) is 1.94. The van der Waals surface area contributed by atoms with Crippen molar-refractivity contribution in [3.05, 3.63) is 29.3 Å². The third-order valence-electron chi connectivity index (χ3n) is 3.66. The molecule has 0 N–H and O–H groups in total. The molecule has 0 spiro atoms. The molecule has 1 heterocycles. The first kappa shape index (κ1) is 10.2. The number of rotatable bonds is 2. The molecule has 1 aromatic rings. The molecule has 0 amide bonds. The van der Waals surface area contributed by atoms with E-state index < -0.39 is 0 Å². The van der Waals surface area contributed by atoms with E-state index in [2.05, 4.69) is 30.0 Å². The molecule has 2 heteroatoms. The number of nitrogens with zero attached hydrogens (tertiary/aromatic N) is 1. The average molecular weight is 217 g/mol. The molecule has 16 heavy (non-hydrogen) atoms. The first-order chi connectivity index (χ1) is 7.84. The zero-order chi connectivity index (χ0) is 11.0. The van der Waals surface area contributed by atoms with Gasteiger partial charge in [0.25, 0.3) is 0 Å². The molecule has 0 unspecified atom stereocenters. The number of aryl methyl sites for hydroxylation is 1. The van der Waals surface area contributed by atoms with Crippen LogP contribution in [0.5, 0.6) is 0 Å². The van der Waals surface area contributed by atoms with E-state index in [0.717, 1.165) is 32.2 Å². The van der Waals surface area contributed by atoms with Crippen molar-refractivity contribution >= 4 is 5.69 Å². The second-order valence-electron chi connectivity index (χ2n) is 4.91. The van der Waals surface area contributed by atoms with Crippen molar-refractivity contribution in [2.75, 3.05) is 31.2 Å². The predicted molar refractivity (Wildman–Crippen MR) is 66.2 cm³/mol. The highest BCUT2D eigenvalue weighted by molar-refractivity contribution is 5.52. The summed E-state index contributed by atoms with van der Waals surface area (Å²) in [5, 5.41) is 0. The molecule has 1 aliphatic carbocycles. The second kappa shape index (κ2) is 4.10. The van der Waals surface area contributed by atoms with Crippen LogP contribution in [0.1, 0.15) is 29.9 Å². The third-order valence-corrected chi connectivity index (χ3v) is 3.66. The Morgan fingerprint density at radius 2 is 1.94 bits per heavy atom. The van der Waals surface area contributed by atoms with E-state index in [1.807, 2.05) is 0 Å². The smallest absolute Gasteiger partial charge is 0.0642 e. The average Bonchev–Trinajstić information content (AvgIpc) is 3.15. The lowest BCUT2D eigenvalue weighted by atomic mass is 10.0. The van der Waals surface area contributed by atoms with Crippen LogP contribution in [0.4, 0.5) is 5.69 Å². The van der Waals surface area contributed by atoms with Gasteiger partial charge in [-0.2, -0.15) is 0 Å². The molecule has 0 aromatic heterocycles. The van der Waals surface area contributed by atoms with Gasteiger partial charge in [0.2, 0.25) is 0 Å². The molecule has 1 saturated carbocycles. The van der Waals surface area contributed by atoms with Gasteiger partial charge in [0, 0.05) is 18.8 Å². The van der Waals surface area contributed by atoms with Gasteiger partial charge in [-0.1, -0.05) is 6.07 Å². The fraction of sp³-hybridized carbons (Fsp3) is 0.571. The van der Waals surface area contributed by atoms with E-state index in [9.17, 15) is 0 Å². The number of hydrogen-bond donors (Lipinski definition) is 0. The van der Waals surface area contributed by atoms with Crippen molar-refractivity contribution in [1.82, 2.24) is 0 Å². The van der Waals surface area contributed by atoms with Crippen LogP contribution in [0.2, 0.25) is 0 Å². The van der Waals surface area contributed by atoms with Gasteiger partial charge in [-0.3, -0.25) is 0 Å². The molecule has 0 radical (unpaired) electrons. The van der Waals surface area contributed by atoms with Gasteiger partial charge in [0.1, 0.15) is 0 Å². The Hall–Kier alpha value is -1.02. The monoisotopic (exact) mass is 217 g/mol. The lowest BCUT2D eigenvalue weighted by Gasteiger charge is -2.29. The summed E-state index contributed by atoms with van der Waals surface area (Å²) < 4.78 is 5.39. The molecule has 0 bridgehead atoms. The molecule has 2 nitrogen and oxygen atoms in total. The van der Waals surface area contributed by atoms with Crippen LogP contribution in [0.3, 0.4) is 0 Å². The molecule has 3 rings (SSSR count). The highest BCUT2D eigenvalue weighted by Crippen LogP contribution is 2.42. The minimum atomic E-state index is 0.848. The van der Waals surface area contributed by atoms with E-state index in [0.29, 0.717) is 0 Å². The first-order valence-electron chi connectivity index (χ1n) is 6.28. The Bertz CT molecular complexity index is 378. The van der Waals surface area contributed by atoms with Crippen LogP contribution < -0.4 is 4.90 Å². The summed E-state index contributed by atoms with van der Waals surface area (Å²) in [5.74, 6) is 0.848. The molecule has 0 atom stereocenters. The van der Waals surface area contributed by atoms with Crippen LogP contribution in [0.25, 0.3) is 0 Å². The van der Waals surface area contributed by atoms with Crippen molar-refractivity contribution in [1.29, 1.82) is 0 Å². The minimum Gasteiger partial charge on any atom is -0.378 e. The van der Waals surface area contributed by atoms with Crippen LogP contribution in [-0.4, -0.2) is 26.3 Å². The molecular weight excluding hydrogens is 198 g/mol. The fourth-order valence-electron chi connectivity index (χ4n) is 2.48. The highest BCUT2D eigenvalue weighted by Gasteiger charge is 2.25. The Balaban J connectivity index is 1.85. The van der Waals surface area contributed by atoms with E-state index >= 15 is 0 Å². The van der Waals surface area contributed by atoms with Gasteiger partial charge in [-0.15, -0.1) is 0 Å². The van der Waals surface area contributed by atoms with Crippen molar-refractivity contribution in [3.8, 4) is 0 Å². The lowest BCUT2D eigenvalue weighted by Crippen LogP contribution is -2.36. The zero-order valence-corrected chi connectivity index (χ0v) is 9.91. The van der Waals surface area contributed by atoms with Crippen molar-refractivity contribution in [3.63, 3.8) is 0 Å². The SMILES string of the molecule is Cc1ccc(N2CCOCC2)cc1C1CC1. The number of benzene rings is 1. The summed E-state index contributed by atoms with van der Waals surface area (Å²) in [5.41, 5.74) is 4.42. The summed E-state index contributed by atoms with van der Waals surface area (Å²) >= 11 is 0. The maximum atomic E-state index is 5.39. The Kier molecular flexibility index (Phi) is 2.60. The number of hydrogen-bond acceptors (Lipinski definition) is 2. The van der Waals surface area contributed by atoms with Crippen LogP contribution >= 0.6 is 0 Å². The van der Waals surface area contributed by atoms with E-state index in [1.165, 1.54) is 24.1 Å². The summed E-state index contributed by atoms with van der Waals surface area (Å²) in [7, 11) is 0.